The quantitative estimate of drug-likeness (QED) is 0.849. The molecule has 2 rings (SSSR count). The summed E-state index contributed by atoms with van der Waals surface area (Å²) >= 11 is 0. The molecule has 98 valence electrons. The second-order valence-corrected chi connectivity index (χ2v) is 4.66. The van der Waals surface area contributed by atoms with Crippen LogP contribution in [0.3, 0.4) is 0 Å². The van der Waals surface area contributed by atoms with Crippen LogP contribution in [0.1, 0.15) is 23.2 Å². The minimum atomic E-state index is -0.473. The van der Waals surface area contributed by atoms with E-state index >= 15 is 0 Å². The molecule has 4 nitrogen and oxygen atoms in total. The number of rotatable bonds is 4. The van der Waals surface area contributed by atoms with Gasteiger partial charge in [0.05, 0.1) is 7.11 Å². The number of hydrogen-bond acceptors (Lipinski definition) is 3. The van der Waals surface area contributed by atoms with Gasteiger partial charge in [0.15, 0.2) is 11.6 Å². The molecule has 1 aromatic carbocycles. The van der Waals surface area contributed by atoms with Crippen molar-refractivity contribution in [2.45, 2.75) is 18.9 Å². The minimum Gasteiger partial charge on any atom is -0.494 e. The first-order chi connectivity index (χ1) is 8.60. The molecule has 0 bridgehead atoms. The number of ether oxygens (including phenoxy) is 1. The third-order valence-corrected chi connectivity index (χ3v) is 3.24. The summed E-state index contributed by atoms with van der Waals surface area (Å²) in [4.78, 5) is 11.8. The molecule has 0 spiro atoms. The molecule has 1 fully saturated rings. The van der Waals surface area contributed by atoms with Gasteiger partial charge in [-0.25, -0.2) is 4.39 Å². The van der Waals surface area contributed by atoms with Crippen molar-refractivity contribution in [3.63, 3.8) is 0 Å². The van der Waals surface area contributed by atoms with Gasteiger partial charge in [-0.1, -0.05) is 0 Å². The zero-order valence-electron chi connectivity index (χ0n) is 10.3. The lowest BCUT2D eigenvalue weighted by atomic mass is 9.81. The van der Waals surface area contributed by atoms with E-state index in [0.717, 1.165) is 12.8 Å². The normalized spacial score (nSPS) is 22.2. The summed E-state index contributed by atoms with van der Waals surface area (Å²) in [6.45, 7) is 0.617. The third kappa shape index (κ3) is 2.79. The Morgan fingerprint density at radius 3 is 2.89 bits per heavy atom. The van der Waals surface area contributed by atoms with Gasteiger partial charge < -0.3 is 15.8 Å². The lowest BCUT2D eigenvalue weighted by Crippen LogP contribution is -2.42. The van der Waals surface area contributed by atoms with Crippen molar-refractivity contribution in [1.82, 2.24) is 5.32 Å². The maximum atomic E-state index is 13.2. The zero-order chi connectivity index (χ0) is 13.1. The number of amides is 1. The van der Waals surface area contributed by atoms with Gasteiger partial charge in [0.2, 0.25) is 0 Å². The van der Waals surface area contributed by atoms with E-state index in [9.17, 15) is 9.18 Å². The zero-order valence-corrected chi connectivity index (χ0v) is 10.3. The van der Waals surface area contributed by atoms with E-state index in [1.165, 1.54) is 25.3 Å². The van der Waals surface area contributed by atoms with Gasteiger partial charge in [0, 0.05) is 18.2 Å². The summed E-state index contributed by atoms with van der Waals surface area (Å²) in [6.07, 6.45) is 1.90. The van der Waals surface area contributed by atoms with E-state index < -0.39 is 5.82 Å². The van der Waals surface area contributed by atoms with E-state index in [-0.39, 0.29) is 17.7 Å². The summed E-state index contributed by atoms with van der Waals surface area (Å²) in [5.41, 5.74) is 6.07. The largest absolute Gasteiger partial charge is 0.494 e. The Hall–Kier alpha value is -1.62. The van der Waals surface area contributed by atoms with Crippen molar-refractivity contribution in [1.29, 1.82) is 0 Å². The van der Waals surface area contributed by atoms with Gasteiger partial charge in [-0.05, 0) is 37.0 Å². The SMILES string of the molecule is COc1cc(C(=O)NCC2CC(N)C2)ccc1F. The lowest BCUT2D eigenvalue weighted by Gasteiger charge is -2.32. The van der Waals surface area contributed by atoms with Crippen LogP contribution in [0.25, 0.3) is 0 Å². The number of nitrogens with one attached hydrogen (secondary N) is 1. The van der Waals surface area contributed by atoms with Crippen LogP contribution in [0.2, 0.25) is 0 Å². The maximum Gasteiger partial charge on any atom is 0.251 e. The van der Waals surface area contributed by atoms with Crippen LogP contribution in [0.15, 0.2) is 18.2 Å². The molecular weight excluding hydrogens is 235 g/mol. The Morgan fingerprint density at radius 2 is 2.28 bits per heavy atom. The summed E-state index contributed by atoms with van der Waals surface area (Å²) in [6, 6.07) is 4.35. The van der Waals surface area contributed by atoms with Crippen molar-refractivity contribution in [3.05, 3.63) is 29.6 Å². The fourth-order valence-electron chi connectivity index (χ4n) is 2.09. The average Bonchev–Trinajstić information content (AvgIpc) is 2.33. The molecule has 1 amide bonds. The standard InChI is InChI=1S/C13H17FN2O2/c1-18-12-6-9(2-3-11(12)14)13(17)16-7-8-4-10(15)5-8/h2-3,6,8,10H,4-5,7,15H2,1H3,(H,16,17). The van der Waals surface area contributed by atoms with Gasteiger partial charge in [0.25, 0.3) is 5.91 Å². The number of hydrogen-bond donors (Lipinski definition) is 2. The van der Waals surface area contributed by atoms with Crippen LogP contribution in [0.5, 0.6) is 5.75 Å². The van der Waals surface area contributed by atoms with E-state index in [4.69, 9.17) is 10.5 Å². The monoisotopic (exact) mass is 252 g/mol. The highest BCUT2D eigenvalue weighted by atomic mass is 19.1. The van der Waals surface area contributed by atoms with E-state index in [2.05, 4.69) is 5.32 Å². The first kappa shape index (κ1) is 12.8. The Balaban J connectivity index is 1.92. The molecule has 0 radical (unpaired) electrons. The van der Waals surface area contributed by atoms with Crippen molar-refractivity contribution in [3.8, 4) is 5.75 Å². The first-order valence-electron chi connectivity index (χ1n) is 5.97. The van der Waals surface area contributed by atoms with Gasteiger partial charge in [-0.15, -0.1) is 0 Å². The van der Waals surface area contributed by atoms with Crippen LogP contribution in [-0.4, -0.2) is 25.6 Å². The fraction of sp³-hybridized carbons (Fsp3) is 0.462. The summed E-state index contributed by atoms with van der Waals surface area (Å²) in [5, 5.41) is 2.82. The van der Waals surface area contributed by atoms with Crippen molar-refractivity contribution < 1.29 is 13.9 Å². The molecule has 0 aromatic heterocycles. The van der Waals surface area contributed by atoms with Crippen LogP contribution < -0.4 is 15.8 Å². The number of halogens is 1. The van der Waals surface area contributed by atoms with Gasteiger partial charge in [0.1, 0.15) is 0 Å². The van der Waals surface area contributed by atoms with E-state index in [1.807, 2.05) is 0 Å². The topological polar surface area (TPSA) is 64.3 Å². The second-order valence-electron chi connectivity index (χ2n) is 4.66. The lowest BCUT2D eigenvalue weighted by molar-refractivity contribution is 0.0935. The van der Waals surface area contributed by atoms with Crippen molar-refractivity contribution >= 4 is 5.91 Å². The number of benzene rings is 1. The van der Waals surface area contributed by atoms with Gasteiger partial charge in [-0.3, -0.25) is 4.79 Å². The Labute approximate surface area is 105 Å². The number of carbonyl (C=O) groups excluding carboxylic acids is 1. The highest BCUT2D eigenvalue weighted by Gasteiger charge is 2.26. The minimum absolute atomic E-state index is 0.0771. The molecule has 1 saturated carbocycles. The van der Waals surface area contributed by atoms with E-state index in [1.54, 1.807) is 0 Å². The maximum absolute atomic E-state index is 13.2. The highest BCUT2D eigenvalue weighted by molar-refractivity contribution is 5.94. The van der Waals surface area contributed by atoms with Gasteiger partial charge >= 0.3 is 0 Å². The number of methoxy groups -OCH3 is 1. The predicted molar refractivity (Wildman–Crippen MR) is 66.0 cm³/mol. The van der Waals surface area contributed by atoms with Gasteiger partial charge in [-0.2, -0.15) is 0 Å². The predicted octanol–water partition coefficient (Wildman–Crippen LogP) is 1.30. The smallest absolute Gasteiger partial charge is 0.251 e. The van der Waals surface area contributed by atoms with Crippen molar-refractivity contribution in [2.75, 3.05) is 13.7 Å². The Morgan fingerprint density at radius 1 is 1.56 bits per heavy atom. The first-order valence-corrected chi connectivity index (χ1v) is 5.97. The summed E-state index contributed by atoms with van der Waals surface area (Å²) < 4.78 is 18.0. The Kier molecular flexibility index (Phi) is 3.81. The molecule has 1 aliphatic carbocycles. The molecular formula is C13H17FN2O2. The van der Waals surface area contributed by atoms with Crippen LogP contribution >= 0.6 is 0 Å². The molecule has 0 aliphatic heterocycles. The molecule has 1 aliphatic rings. The number of carbonyl (C=O) groups is 1. The van der Waals surface area contributed by atoms with Crippen molar-refractivity contribution in [2.24, 2.45) is 11.7 Å². The molecule has 0 unspecified atom stereocenters. The average molecular weight is 252 g/mol. The van der Waals surface area contributed by atoms with Crippen LogP contribution in [0, 0.1) is 11.7 Å². The van der Waals surface area contributed by atoms with E-state index in [0.29, 0.717) is 18.0 Å². The number of nitrogens with two attached hydrogens (primary N) is 1. The molecule has 1 aromatic rings. The fourth-order valence-corrected chi connectivity index (χ4v) is 2.09. The molecule has 0 atom stereocenters. The molecule has 3 N–H and O–H groups in total. The highest BCUT2D eigenvalue weighted by Crippen LogP contribution is 2.24. The van der Waals surface area contributed by atoms with Crippen LogP contribution in [0.4, 0.5) is 4.39 Å². The summed E-state index contributed by atoms with van der Waals surface area (Å²) in [5.74, 6) is -0.146. The molecule has 5 heteroatoms. The molecule has 0 saturated heterocycles. The molecule has 0 heterocycles. The summed E-state index contributed by atoms with van der Waals surface area (Å²) in [7, 11) is 1.37. The van der Waals surface area contributed by atoms with Crippen LogP contribution in [-0.2, 0) is 0 Å². The second kappa shape index (κ2) is 5.35. The third-order valence-electron chi connectivity index (χ3n) is 3.24. The molecule has 18 heavy (non-hydrogen) atoms. The Bertz CT molecular complexity index is 445.